The average molecular weight is 286 g/mol. The fourth-order valence-electron chi connectivity index (χ4n) is 2.20. The van der Waals surface area contributed by atoms with Crippen molar-refractivity contribution >= 4 is 5.78 Å². The van der Waals surface area contributed by atoms with Crippen molar-refractivity contribution < 1.29 is 19.0 Å². The van der Waals surface area contributed by atoms with Crippen molar-refractivity contribution in [1.82, 2.24) is 0 Å². The molecule has 0 saturated heterocycles. The highest BCUT2D eigenvalue weighted by molar-refractivity contribution is 6.10. The summed E-state index contributed by atoms with van der Waals surface area (Å²) in [5, 5.41) is 0. The van der Waals surface area contributed by atoms with Crippen LogP contribution in [0.5, 0.6) is 17.2 Å². The van der Waals surface area contributed by atoms with Gasteiger partial charge in [-0.15, -0.1) is 0 Å². The van der Waals surface area contributed by atoms with Crippen molar-refractivity contribution in [2.75, 3.05) is 21.3 Å². The number of rotatable bonds is 5. The molecule has 0 saturated carbocycles. The number of hydrogen-bond acceptors (Lipinski definition) is 4. The molecule has 0 N–H and O–H groups in total. The van der Waals surface area contributed by atoms with E-state index < -0.39 is 0 Å². The Morgan fingerprint density at radius 2 is 1.48 bits per heavy atom. The maximum absolute atomic E-state index is 12.7. The zero-order valence-electron chi connectivity index (χ0n) is 12.6. The predicted octanol–water partition coefficient (Wildman–Crippen LogP) is 3.25. The Bertz CT molecular complexity index is 637. The van der Waals surface area contributed by atoms with Crippen molar-refractivity contribution in [2.45, 2.75) is 6.92 Å². The van der Waals surface area contributed by atoms with Gasteiger partial charge in [-0.1, -0.05) is 24.3 Å². The third-order valence-electron chi connectivity index (χ3n) is 3.32. The summed E-state index contributed by atoms with van der Waals surface area (Å²) in [7, 11) is 4.59. The molecule has 0 unspecified atom stereocenters. The molecule has 4 heteroatoms. The Labute approximate surface area is 124 Å². The third-order valence-corrected chi connectivity index (χ3v) is 3.32. The van der Waals surface area contributed by atoms with Crippen LogP contribution in [0.3, 0.4) is 0 Å². The second kappa shape index (κ2) is 6.31. The highest BCUT2D eigenvalue weighted by Gasteiger charge is 2.18. The van der Waals surface area contributed by atoms with Gasteiger partial charge in [0.25, 0.3) is 0 Å². The number of carbonyl (C=O) groups is 1. The lowest BCUT2D eigenvalue weighted by molar-refractivity contribution is 0.103. The van der Waals surface area contributed by atoms with E-state index in [1.165, 1.54) is 21.3 Å². The van der Waals surface area contributed by atoms with Gasteiger partial charge >= 0.3 is 0 Å². The molecule has 0 atom stereocenters. The minimum Gasteiger partial charge on any atom is -0.493 e. The van der Waals surface area contributed by atoms with E-state index in [0.29, 0.717) is 28.4 Å². The van der Waals surface area contributed by atoms with Crippen LogP contribution in [0.4, 0.5) is 0 Å². The first kappa shape index (κ1) is 14.9. The van der Waals surface area contributed by atoms with Crippen LogP contribution in [0.2, 0.25) is 0 Å². The highest BCUT2D eigenvalue weighted by atomic mass is 16.5. The molecule has 4 nitrogen and oxygen atoms in total. The molecule has 0 spiro atoms. The zero-order chi connectivity index (χ0) is 15.4. The fourth-order valence-corrected chi connectivity index (χ4v) is 2.20. The number of carbonyl (C=O) groups excluding carboxylic acids is 1. The first-order chi connectivity index (χ1) is 10.1. The smallest absolute Gasteiger partial charge is 0.203 e. The van der Waals surface area contributed by atoms with Crippen LogP contribution >= 0.6 is 0 Å². The van der Waals surface area contributed by atoms with Gasteiger partial charge in [-0.2, -0.15) is 0 Å². The third kappa shape index (κ3) is 2.84. The fraction of sp³-hybridized carbons (Fsp3) is 0.235. The van der Waals surface area contributed by atoms with Gasteiger partial charge in [0, 0.05) is 11.1 Å². The number of hydrogen-bond donors (Lipinski definition) is 0. The average Bonchev–Trinajstić information content (AvgIpc) is 2.53. The van der Waals surface area contributed by atoms with E-state index >= 15 is 0 Å². The first-order valence-electron chi connectivity index (χ1n) is 6.52. The molecule has 0 radical (unpaired) electrons. The molecule has 110 valence electrons. The quantitative estimate of drug-likeness (QED) is 0.791. The molecule has 0 heterocycles. The molecule has 0 fully saturated rings. The van der Waals surface area contributed by atoms with Gasteiger partial charge in [0.2, 0.25) is 5.75 Å². The lowest BCUT2D eigenvalue weighted by Crippen LogP contribution is -2.05. The van der Waals surface area contributed by atoms with Crippen molar-refractivity contribution in [3.63, 3.8) is 0 Å². The van der Waals surface area contributed by atoms with Crippen LogP contribution in [-0.4, -0.2) is 27.1 Å². The molecule has 2 aromatic carbocycles. The van der Waals surface area contributed by atoms with E-state index in [4.69, 9.17) is 14.2 Å². The van der Waals surface area contributed by atoms with E-state index in [9.17, 15) is 4.79 Å². The zero-order valence-corrected chi connectivity index (χ0v) is 12.6. The minimum atomic E-state index is -0.0765. The molecule has 2 rings (SSSR count). The molecule has 0 amide bonds. The molecular formula is C17H18O4. The molecule has 0 aliphatic carbocycles. The van der Waals surface area contributed by atoms with Crippen molar-refractivity contribution in [2.24, 2.45) is 0 Å². The molecule has 0 aliphatic rings. The highest BCUT2D eigenvalue weighted by Crippen LogP contribution is 2.38. The van der Waals surface area contributed by atoms with Gasteiger partial charge in [0.15, 0.2) is 17.3 Å². The molecule has 0 aromatic heterocycles. The maximum atomic E-state index is 12.7. The van der Waals surface area contributed by atoms with E-state index in [0.717, 1.165) is 5.56 Å². The largest absolute Gasteiger partial charge is 0.493 e. The van der Waals surface area contributed by atoms with Crippen molar-refractivity contribution in [3.8, 4) is 17.2 Å². The lowest BCUT2D eigenvalue weighted by atomic mass is 9.98. The predicted molar refractivity (Wildman–Crippen MR) is 80.7 cm³/mol. The number of ketones is 1. The molecule has 0 aliphatic heterocycles. The molecular weight excluding hydrogens is 268 g/mol. The van der Waals surface area contributed by atoms with Crippen LogP contribution < -0.4 is 14.2 Å². The Kier molecular flexibility index (Phi) is 4.48. The van der Waals surface area contributed by atoms with Gasteiger partial charge in [0.05, 0.1) is 21.3 Å². The second-order valence-electron chi connectivity index (χ2n) is 4.56. The summed E-state index contributed by atoms with van der Waals surface area (Å²) in [6, 6.07) is 10.8. The van der Waals surface area contributed by atoms with Crippen LogP contribution in [0.15, 0.2) is 36.4 Å². The number of methoxy groups -OCH3 is 3. The van der Waals surface area contributed by atoms with E-state index in [1.54, 1.807) is 18.2 Å². The summed E-state index contributed by atoms with van der Waals surface area (Å²) in [5.41, 5.74) is 2.09. The van der Waals surface area contributed by atoms with E-state index in [1.807, 2.05) is 25.1 Å². The summed E-state index contributed by atoms with van der Waals surface area (Å²) in [4.78, 5) is 12.7. The van der Waals surface area contributed by atoms with E-state index in [-0.39, 0.29) is 5.78 Å². The molecule has 0 bridgehead atoms. The standard InChI is InChI=1S/C17H18O4/c1-11-7-5-6-8-13(11)16(18)12-9-14(19-2)17(21-4)15(10-12)20-3/h5-10H,1-4H3. The number of benzene rings is 2. The van der Waals surface area contributed by atoms with Crippen LogP contribution in [0.1, 0.15) is 21.5 Å². The van der Waals surface area contributed by atoms with Crippen molar-refractivity contribution in [1.29, 1.82) is 0 Å². The second-order valence-corrected chi connectivity index (χ2v) is 4.56. The van der Waals surface area contributed by atoms with Gasteiger partial charge < -0.3 is 14.2 Å². The van der Waals surface area contributed by atoms with Gasteiger partial charge in [-0.3, -0.25) is 4.79 Å². The Balaban J connectivity index is 2.54. The van der Waals surface area contributed by atoms with Crippen LogP contribution in [-0.2, 0) is 0 Å². The SMILES string of the molecule is COc1cc(C(=O)c2ccccc2C)cc(OC)c1OC. The van der Waals surface area contributed by atoms with Crippen LogP contribution in [0, 0.1) is 6.92 Å². The maximum Gasteiger partial charge on any atom is 0.203 e. The van der Waals surface area contributed by atoms with Crippen molar-refractivity contribution in [3.05, 3.63) is 53.1 Å². The van der Waals surface area contributed by atoms with Gasteiger partial charge in [-0.25, -0.2) is 0 Å². The summed E-state index contributed by atoms with van der Waals surface area (Å²) in [6.45, 7) is 1.91. The molecule has 21 heavy (non-hydrogen) atoms. The Morgan fingerprint density at radius 1 is 0.905 bits per heavy atom. The summed E-state index contributed by atoms with van der Waals surface area (Å²) < 4.78 is 15.8. The minimum absolute atomic E-state index is 0.0765. The van der Waals surface area contributed by atoms with Crippen LogP contribution in [0.25, 0.3) is 0 Å². The Hall–Kier alpha value is -2.49. The number of aryl methyl sites for hydroxylation is 1. The number of ether oxygens (including phenoxy) is 3. The summed E-state index contributed by atoms with van der Waals surface area (Å²) in [5.74, 6) is 1.33. The summed E-state index contributed by atoms with van der Waals surface area (Å²) in [6.07, 6.45) is 0. The lowest BCUT2D eigenvalue weighted by Gasteiger charge is -2.14. The topological polar surface area (TPSA) is 44.8 Å². The Morgan fingerprint density at radius 3 is 1.95 bits per heavy atom. The van der Waals surface area contributed by atoms with Gasteiger partial charge in [0.1, 0.15) is 0 Å². The van der Waals surface area contributed by atoms with E-state index in [2.05, 4.69) is 0 Å². The van der Waals surface area contributed by atoms with Gasteiger partial charge in [-0.05, 0) is 24.6 Å². The molecule has 2 aromatic rings. The monoisotopic (exact) mass is 286 g/mol. The summed E-state index contributed by atoms with van der Waals surface area (Å²) >= 11 is 0. The first-order valence-corrected chi connectivity index (χ1v) is 6.52. The normalized spacial score (nSPS) is 10.1.